The van der Waals surface area contributed by atoms with Crippen molar-refractivity contribution < 1.29 is 33.4 Å². The van der Waals surface area contributed by atoms with Crippen molar-refractivity contribution in [2.24, 2.45) is 0 Å². The highest BCUT2D eigenvalue weighted by atomic mass is 35.5. The highest BCUT2D eigenvalue weighted by molar-refractivity contribution is 8.18. The number of methoxy groups -OCH3 is 1. The largest absolute Gasteiger partial charge is 0.493 e. The number of benzene rings is 2. The molecule has 1 aliphatic heterocycles. The van der Waals surface area contributed by atoms with Gasteiger partial charge in [0.25, 0.3) is 11.1 Å². The number of anilines is 1. The molecular formula is C24H23ClN2O7S. The predicted molar refractivity (Wildman–Crippen MR) is 133 cm³/mol. The summed E-state index contributed by atoms with van der Waals surface area (Å²) in [5.41, 5.74) is 1.82. The van der Waals surface area contributed by atoms with Crippen molar-refractivity contribution in [1.29, 1.82) is 0 Å². The van der Waals surface area contributed by atoms with E-state index in [1.807, 2.05) is 0 Å². The van der Waals surface area contributed by atoms with Gasteiger partial charge < -0.3 is 19.5 Å². The van der Waals surface area contributed by atoms with E-state index >= 15 is 0 Å². The maximum Gasteiger partial charge on any atom is 0.344 e. The van der Waals surface area contributed by atoms with Gasteiger partial charge in [0.1, 0.15) is 6.54 Å². The number of esters is 1. The lowest BCUT2D eigenvalue weighted by Crippen LogP contribution is -2.36. The Kier molecular flexibility index (Phi) is 8.78. The second-order valence-corrected chi connectivity index (χ2v) is 8.71. The van der Waals surface area contributed by atoms with Crippen molar-refractivity contribution in [1.82, 2.24) is 4.90 Å². The topological polar surface area (TPSA) is 111 Å². The number of ether oxygens (including phenoxy) is 3. The number of carbonyl (C=O) groups excluding carboxylic acids is 4. The molecule has 0 saturated carbocycles. The van der Waals surface area contributed by atoms with E-state index in [1.54, 1.807) is 50.2 Å². The quantitative estimate of drug-likeness (QED) is 0.387. The number of carbonyl (C=O) groups is 4. The van der Waals surface area contributed by atoms with Gasteiger partial charge in [0, 0.05) is 10.7 Å². The zero-order chi connectivity index (χ0) is 25.5. The van der Waals surface area contributed by atoms with Crippen molar-refractivity contribution >= 4 is 58.1 Å². The molecule has 0 spiro atoms. The van der Waals surface area contributed by atoms with Crippen LogP contribution in [0.1, 0.15) is 18.1 Å². The minimum atomic E-state index is -0.595. The van der Waals surface area contributed by atoms with E-state index in [4.69, 9.17) is 25.8 Å². The molecule has 0 bridgehead atoms. The summed E-state index contributed by atoms with van der Waals surface area (Å²) in [6.45, 7) is 2.96. The lowest BCUT2D eigenvalue weighted by atomic mass is 10.2. The first-order valence-electron chi connectivity index (χ1n) is 10.5. The molecule has 3 rings (SSSR count). The van der Waals surface area contributed by atoms with Crippen molar-refractivity contribution in [3.8, 4) is 11.5 Å². The molecule has 35 heavy (non-hydrogen) atoms. The molecule has 1 aliphatic rings. The molecule has 1 heterocycles. The number of rotatable bonds is 9. The number of hydrogen-bond donors (Lipinski definition) is 1. The van der Waals surface area contributed by atoms with Gasteiger partial charge in [0.2, 0.25) is 5.91 Å². The van der Waals surface area contributed by atoms with E-state index in [2.05, 4.69) is 5.32 Å². The Morgan fingerprint density at radius 3 is 2.63 bits per heavy atom. The summed E-state index contributed by atoms with van der Waals surface area (Å²) in [5.74, 6) is -1.01. The fourth-order valence-corrected chi connectivity index (χ4v) is 4.10. The zero-order valence-electron chi connectivity index (χ0n) is 19.3. The molecule has 9 nitrogen and oxygen atoms in total. The van der Waals surface area contributed by atoms with Crippen LogP contribution in [0.5, 0.6) is 11.5 Å². The van der Waals surface area contributed by atoms with Crippen molar-refractivity contribution in [3.63, 3.8) is 0 Å². The molecule has 184 valence electrons. The van der Waals surface area contributed by atoms with Crippen LogP contribution in [0.2, 0.25) is 5.02 Å². The first-order valence-corrected chi connectivity index (χ1v) is 11.7. The summed E-state index contributed by atoms with van der Waals surface area (Å²) in [7, 11) is 1.45. The number of aryl methyl sites for hydroxylation is 1. The molecule has 0 aliphatic carbocycles. The number of amides is 3. The number of nitrogens with zero attached hydrogens (tertiary/aromatic N) is 1. The molecule has 3 amide bonds. The third-order valence-electron chi connectivity index (χ3n) is 4.79. The minimum Gasteiger partial charge on any atom is -0.493 e. The van der Waals surface area contributed by atoms with Gasteiger partial charge in [-0.05, 0) is 67.1 Å². The van der Waals surface area contributed by atoms with E-state index in [9.17, 15) is 19.2 Å². The Labute approximate surface area is 211 Å². The third kappa shape index (κ3) is 6.77. The Morgan fingerprint density at radius 1 is 1.14 bits per heavy atom. The van der Waals surface area contributed by atoms with E-state index < -0.39 is 29.6 Å². The Bertz CT molecular complexity index is 1200. The van der Waals surface area contributed by atoms with Gasteiger partial charge in [0.15, 0.2) is 18.1 Å². The lowest BCUT2D eigenvalue weighted by Gasteiger charge is -2.14. The first kappa shape index (κ1) is 26.1. The van der Waals surface area contributed by atoms with E-state index in [0.29, 0.717) is 22.0 Å². The molecule has 2 aromatic rings. The number of imide groups is 1. The summed E-state index contributed by atoms with van der Waals surface area (Å²) in [6, 6.07) is 9.88. The summed E-state index contributed by atoms with van der Waals surface area (Å²) < 4.78 is 15.6. The number of hydrogen-bond acceptors (Lipinski definition) is 8. The van der Waals surface area contributed by atoms with E-state index in [0.717, 1.165) is 22.2 Å². The van der Waals surface area contributed by atoms with Crippen LogP contribution in [0.3, 0.4) is 0 Å². The molecule has 0 atom stereocenters. The van der Waals surface area contributed by atoms with Crippen LogP contribution >= 0.6 is 23.4 Å². The molecular weight excluding hydrogens is 496 g/mol. The van der Waals surface area contributed by atoms with Gasteiger partial charge in [-0.15, -0.1) is 0 Å². The standard InChI is InChI=1S/C24H23ClN2O7S/c1-4-33-22(29)13-34-19-9-15(6-8-18(19)32-3)10-20-23(30)27(24(31)35-20)12-21(28)26-17-11-16(25)7-5-14(17)2/h5-11H,4,12-13H2,1-3H3,(H,26,28)/b20-10-. The number of nitrogens with one attached hydrogen (secondary N) is 1. The fraction of sp³-hybridized carbons (Fsp3) is 0.250. The molecule has 11 heteroatoms. The van der Waals surface area contributed by atoms with Crippen molar-refractivity contribution in [3.05, 3.63) is 57.5 Å². The maximum absolute atomic E-state index is 12.8. The van der Waals surface area contributed by atoms with Gasteiger partial charge in [-0.1, -0.05) is 23.7 Å². The summed E-state index contributed by atoms with van der Waals surface area (Å²) >= 11 is 6.69. The molecule has 0 radical (unpaired) electrons. The predicted octanol–water partition coefficient (Wildman–Crippen LogP) is 4.27. The molecule has 1 N–H and O–H groups in total. The van der Waals surface area contributed by atoms with Gasteiger partial charge in [-0.3, -0.25) is 19.3 Å². The summed E-state index contributed by atoms with van der Waals surface area (Å²) in [5, 5.41) is 2.56. The second kappa shape index (κ2) is 11.8. The Balaban J connectivity index is 1.72. The molecule has 0 unspecified atom stereocenters. The smallest absolute Gasteiger partial charge is 0.344 e. The second-order valence-electron chi connectivity index (χ2n) is 7.28. The van der Waals surface area contributed by atoms with E-state index in [1.165, 1.54) is 13.2 Å². The first-order chi connectivity index (χ1) is 16.7. The average Bonchev–Trinajstić information content (AvgIpc) is 3.07. The van der Waals surface area contributed by atoms with Crippen LogP contribution in [-0.2, 0) is 19.1 Å². The van der Waals surface area contributed by atoms with Crippen LogP contribution in [0.25, 0.3) is 6.08 Å². The lowest BCUT2D eigenvalue weighted by molar-refractivity contribution is -0.145. The Morgan fingerprint density at radius 2 is 1.91 bits per heavy atom. The van der Waals surface area contributed by atoms with Crippen LogP contribution < -0.4 is 14.8 Å². The van der Waals surface area contributed by atoms with Crippen molar-refractivity contribution in [2.45, 2.75) is 13.8 Å². The highest BCUT2D eigenvalue weighted by Crippen LogP contribution is 2.34. The van der Waals surface area contributed by atoms with Crippen LogP contribution in [0.4, 0.5) is 10.5 Å². The monoisotopic (exact) mass is 518 g/mol. The normalized spacial score (nSPS) is 14.3. The van der Waals surface area contributed by atoms with E-state index in [-0.39, 0.29) is 23.9 Å². The summed E-state index contributed by atoms with van der Waals surface area (Å²) in [4.78, 5) is 50.3. The Hall–Kier alpha value is -3.50. The van der Waals surface area contributed by atoms with Gasteiger partial charge >= 0.3 is 5.97 Å². The molecule has 2 aromatic carbocycles. The zero-order valence-corrected chi connectivity index (χ0v) is 20.8. The average molecular weight is 519 g/mol. The maximum atomic E-state index is 12.8. The van der Waals surface area contributed by atoms with Crippen molar-refractivity contribution in [2.75, 3.05) is 32.2 Å². The molecule has 1 saturated heterocycles. The SMILES string of the molecule is CCOC(=O)COc1cc(/C=C2\SC(=O)N(CC(=O)Nc3cc(Cl)ccc3C)C2=O)ccc1OC. The molecule has 1 fully saturated rings. The fourth-order valence-electron chi connectivity index (χ4n) is 3.09. The van der Waals surface area contributed by atoms with Gasteiger partial charge in [0.05, 0.1) is 18.6 Å². The third-order valence-corrected chi connectivity index (χ3v) is 5.93. The number of thioether (sulfide) groups is 1. The van der Waals surface area contributed by atoms with Gasteiger partial charge in [-0.25, -0.2) is 4.79 Å². The van der Waals surface area contributed by atoms with Crippen LogP contribution in [0.15, 0.2) is 41.3 Å². The van der Waals surface area contributed by atoms with Crippen LogP contribution in [0, 0.1) is 6.92 Å². The highest BCUT2D eigenvalue weighted by Gasteiger charge is 2.36. The summed E-state index contributed by atoms with van der Waals surface area (Å²) in [6.07, 6.45) is 1.50. The number of halogens is 1. The van der Waals surface area contributed by atoms with Gasteiger partial charge in [-0.2, -0.15) is 0 Å². The van der Waals surface area contributed by atoms with Crippen LogP contribution in [-0.4, -0.2) is 54.8 Å². The minimum absolute atomic E-state index is 0.142. The molecule has 0 aromatic heterocycles.